The van der Waals surface area contributed by atoms with Gasteiger partial charge >= 0.3 is 0 Å². The van der Waals surface area contributed by atoms with Crippen molar-refractivity contribution in [3.8, 4) is 23.1 Å². The first kappa shape index (κ1) is 15.8. The maximum atomic E-state index is 12.9. The van der Waals surface area contributed by atoms with E-state index < -0.39 is 0 Å². The molecule has 24 heavy (non-hydrogen) atoms. The Labute approximate surface area is 142 Å². The number of rotatable bonds is 3. The molecule has 0 radical (unpaired) electrons. The standard InChI is InChI=1S/C22H19NO/c1-3-7-20-14-15-21(19-8-5-4-6-9-19)23(22(20)24)16-18-12-10-17(2)11-13-18/h4-6,8-15H,16H2,1-2H3. The molecule has 2 heteroatoms. The van der Waals surface area contributed by atoms with Gasteiger partial charge in [-0.3, -0.25) is 4.79 Å². The van der Waals surface area contributed by atoms with Crippen molar-refractivity contribution >= 4 is 0 Å². The number of hydrogen-bond donors (Lipinski definition) is 0. The lowest BCUT2D eigenvalue weighted by atomic mass is 10.1. The maximum absolute atomic E-state index is 12.9. The van der Waals surface area contributed by atoms with E-state index in [2.05, 4.69) is 43.0 Å². The molecule has 0 bridgehead atoms. The molecule has 3 rings (SSSR count). The zero-order chi connectivity index (χ0) is 16.9. The van der Waals surface area contributed by atoms with Crippen LogP contribution in [0.25, 0.3) is 11.3 Å². The topological polar surface area (TPSA) is 22.0 Å². The molecule has 0 saturated carbocycles. The summed E-state index contributed by atoms with van der Waals surface area (Å²) >= 11 is 0. The van der Waals surface area contributed by atoms with Crippen LogP contribution in [0.5, 0.6) is 0 Å². The Hall–Kier alpha value is -3.05. The van der Waals surface area contributed by atoms with Crippen LogP contribution < -0.4 is 5.56 Å². The second kappa shape index (κ2) is 7.02. The van der Waals surface area contributed by atoms with Gasteiger partial charge in [-0.05, 0) is 37.1 Å². The van der Waals surface area contributed by atoms with Gasteiger partial charge in [-0.1, -0.05) is 66.1 Å². The Morgan fingerprint density at radius 2 is 1.62 bits per heavy atom. The van der Waals surface area contributed by atoms with Crippen molar-refractivity contribution in [3.63, 3.8) is 0 Å². The summed E-state index contributed by atoms with van der Waals surface area (Å²) in [5.74, 6) is 5.73. The van der Waals surface area contributed by atoms with E-state index in [0.717, 1.165) is 16.8 Å². The molecule has 0 aliphatic rings. The maximum Gasteiger partial charge on any atom is 0.267 e. The Morgan fingerprint density at radius 3 is 2.29 bits per heavy atom. The first-order valence-electron chi connectivity index (χ1n) is 7.96. The van der Waals surface area contributed by atoms with Gasteiger partial charge in [0.25, 0.3) is 5.56 Å². The molecule has 0 N–H and O–H groups in total. The normalized spacial score (nSPS) is 10.1. The van der Waals surface area contributed by atoms with Crippen LogP contribution in [0.2, 0.25) is 0 Å². The molecule has 2 nitrogen and oxygen atoms in total. The second-order valence-corrected chi connectivity index (χ2v) is 5.75. The van der Waals surface area contributed by atoms with E-state index in [4.69, 9.17) is 0 Å². The van der Waals surface area contributed by atoms with E-state index in [1.807, 2.05) is 42.5 Å². The highest BCUT2D eigenvalue weighted by Crippen LogP contribution is 2.19. The Morgan fingerprint density at radius 1 is 0.917 bits per heavy atom. The summed E-state index contributed by atoms with van der Waals surface area (Å²) < 4.78 is 1.81. The van der Waals surface area contributed by atoms with E-state index in [9.17, 15) is 4.79 Å². The SMILES string of the molecule is CC#Cc1ccc(-c2ccccc2)n(Cc2ccc(C)cc2)c1=O. The minimum atomic E-state index is -0.0497. The van der Waals surface area contributed by atoms with Gasteiger partial charge < -0.3 is 4.57 Å². The number of benzene rings is 2. The molecule has 2 aromatic carbocycles. The lowest BCUT2D eigenvalue weighted by molar-refractivity contribution is 0.766. The monoisotopic (exact) mass is 313 g/mol. The van der Waals surface area contributed by atoms with Crippen LogP contribution in [0.3, 0.4) is 0 Å². The quantitative estimate of drug-likeness (QED) is 0.663. The van der Waals surface area contributed by atoms with Crippen LogP contribution in [-0.4, -0.2) is 4.57 Å². The van der Waals surface area contributed by atoms with Crippen molar-refractivity contribution < 1.29 is 0 Å². The molecule has 1 heterocycles. The van der Waals surface area contributed by atoms with Crippen LogP contribution in [-0.2, 0) is 6.54 Å². The van der Waals surface area contributed by atoms with Crippen molar-refractivity contribution in [1.29, 1.82) is 0 Å². The van der Waals surface area contributed by atoms with Crippen molar-refractivity contribution in [3.05, 3.63) is 93.8 Å². The van der Waals surface area contributed by atoms with Crippen LogP contribution >= 0.6 is 0 Å². The minimum absolute atomic E-state index is 0.0497. The lowest BCUT2D eigenvalue weighted by Crippen LogP contribution is -2.24. The first-order chi connectivity index (χ1) is 11.7. The molecule has 0 aliphatic heterocycles. The zero-order valence-corrected chi connectivity index (χ0v) is 13.9. The molecule has 0 fully saturated rings. The van der Waals surface area contributed by atoms with Gasteiger partial charge in [-0.2, -0.15) is 0 Å². The third-order valence-corrected chi connectivity index (χ3v) is 3.96. The summed E-state index contributed by atoms with van der Waals surface area (Å²) in [7, 11) is 0. The number of hydrogen-bond acceptors (Lipinski definition) is 1. The van der Waals surface area contributed by atoms with Crippen LogP contribution in [0.15, 0.2) is 71.5 Å². The van der Waals surface area contributed by atoms with Crippen LogP contribution in [0.4, 0.5) is 0 Å². The number of aryl methyl sites for hydroxylation is 1. The fourth-order valence-corrected chi connectivity index (χ4v) is 2.70. The number of aromatic nitrogens is 1. The smallest absolute Gasteiger partial charge is 0.267 e. The molecule has 1 aromatic heterocycles. The average Bonchev–Trinajstić information content (AvgIpc) is 2.61. The third-order valence-electron chi connectivity index (χ3n) is 3.96. The van der Waals surface area contributed by atoms with E-state index in [-0.39, 0.29) is 5.56 Å². The molecule has 0 spiro atoms. The molecule has 3 aromatic rings. The predicted octanol–water partition coefficient (Wildman–Crippen LogP) is 4.24. The first-order valence-corrected chi connectivity index (χ1v) is 7.96. The fourth-order valence-electron chi connectivity index (χ4n) is 2.70. The molecule has 0 aliphatic carbocycles. The molecular formula is C22H19NO. The highest BCUT2D eigenvalue weighted by molar-refractivity contribution is 5.60. The van der Waals surface area contributed by atoms with Gasteiger partial charge in [0.2, 0.25) is 0 Å². The van der Waals surface area contributed by atoms with Crippen molar-refractivity contribution in [2.45, 2.75) is 20.4 Å². The van der Waals surface area contributed by atoms with Crippen LogP contribution in [0, 0.1) is 18.8 Å². The minimum Gasteiger partial charge on any atom is -0.303 e. The van der Waals surface area contributed by atoms with Gasteiger partial charge in [-0.15, -0.1) is 5.92 Å². The number of nitrogens with zero attached hydrogens (tertiary/aromatic N) is 1. The molecule has 0 atom stereocenters. The van der Waals surface area contributed by atoms with E-state index in [0.29, 0.717) is 12.1 Å². The highest BCUT2D eigenvalue weighted by atomic mass is 16.1. The summed E-state index contributed by atoms with van der Waals surface area (Å²) in [4.78, 5) is 12.9. The molecular weight excluding hydrogens is 294 g/mol. The van der Waals surface area contributed by atoms with E-state index >= 15 is 0 Å². The van der Waals surface area contributed by atoms with Gasteiger partial charge in [0, 0.05) is 0 Å². The van der Waals surface area contributed by atoms with Crippen LogP contribution in [0.1, 0.15) is 23.6 Å². The van der Waals surface area contributed by atoms with Gasteiger partial charge in [0.1, 0.15) is 0 Å². The van der Waals surface area contributed by atoms with Crippen molar-refractivity contribution in [2.24, 2.45) is 0 Å². The summed E-state index contributed by atoms with van der Waals surface area (Å²) in [5, 5.41) is 0. The third kappa shape index (κ3) is 3.31. The predicted molar refractivity (Wildman–Crippen MR) is 99.0 cm³/mol. The molecule has 0 amide bonds. The fraction of sp³-hybridized carbons (Fsp3) is 0.136. The Kier molecular flexibility index (Phi) is 4.63. The summed E-state index contributed by atoms with van der Waals surface area (Å²) in [5.41, 5.74) is 4.72. The number of pyridine rings is 1. The van der Waals surface area contributed by atoms with Crippen molar-refractivity contribution in [2.75, 3.05) is 0 Å². The Bertz CT molecular complexity index is 955. The van der Waals surface area contributed by atoms with Gasteiger partial charge in [-0.25, -0.2) is 0 Å². The molecule has 0 unspecified atom stereocenters. The molecule has 0 saturated heterocycles. The summed E-state index contributed by atoms with van der Waals surface area (Å²) in [6, 6.07) is 22.0. The Balaban J connectivity index is 2.15. The van der Waals surface area contributed by atoms with Gasteiger partial charge in [0.15, 0.2) is 0 Å². The molecule has 118 valence electrons. The van der Waals surface area contributed by atoms with Crippen molar-refractivity contribution in [1.82, 2.24) is 4.57 Å². The zero-order valence-electron chi connectivity index (χ0n) is 13.9. The average molecular weight is 313 g/mol. The highest BCUT2D eigenvalue weighted by Gasteiger charge is 2.10. The summed E-state index contributed by atoms with van der Waals surface area (Å²) in [6.45, 7) is 4.33. The summed E-state index contributed by atoms with van der Waals surface area (Å²) in [6.07, 6.45) is 0. The van der Waals surface area contributed by atoms with Gasteiger partial charge in [0.05, 0.1) is 17.8 Å². The second-order valence-electron chi connectivity index (χ2n) is 5.75. The lowest BCUT2D eigenvalue weighted by Gasteiger charge is -2.14. The largest absolute Gasteiger partial charge is 0.303 e. The van der Waals surface area contributed by atoms with E-state index in [1.165, 1.54) is 5.56 Å². The van der Waals surface area contributed by atoms with E-state index in [1.54, 1.807) is 11.5 Å².